The van der Waals surface area contributed by atoms with Crippen molar-refractivity contribution in [1.29, 1.82) is 0 Å². The minimum absolute atomic E-state index is 0.00914. The molecule has 0 radical (unpaired) electrons. The molecule has 3 rings (SSSR count). The van der Waals surface area contributed by atoms with Gasteiger partial charge in [0.1, 0.15) is 0 Å². The van der Waals surface area contributed by atoms with Gasteiger partial charge in [0, 0.05) is 17.0 Å². The van der Waals surface area contributed by atoms with Crippen LogP contribution in [-0.2, 0) is 10.0 Å². The maximum Gasteiger partial charge on any atom is 0.257 e. The van der Waals surface area contributed by atoms with Crippen molar-refractivity contribution in [3.05, 3.63) is 40.9 Å². The van der Waals surface area contributed by atoms with Crippen molar-refractivity contribution in [1.82, 2.24) is 9.71 Å². The van der Waals surface area contributed by atoms with Crippen LogP contribution < -0.4 is 10.0 Å². The van der Waals surface area contributed by atoms with E-state index < -0.39 is 10.0 Å². The smallest absolute Gasteiger partial charge is 0.257 e. The Bertz CT molecular complexity index is 838. The van der Waals surface area contributed by atoms with Crippen LogP contribution in [0.5, 0.6) is 0 Å². The molecule has 25 heavy (non-hydrogen) atoms. The molecule has 0 bridgehead atoms. The highest BCUT2D eigenvalue weighted by Crippen LogP contribution is 2.21. The van der Waals surface area contributed by atoms with Crippen molar-refractivity contribution < 1.29 is 13.2 Å². The van der Waals surface area contributed by atoms with Gasteiger partial charge in [-0.05, 0) is 44.0 Å². The molecule has 1 saturated carbocycles. The summed E-state index contributed by atoms with van der Waals surface area (Å²) in [7, 11) is -3.55. The molecule has 8 heteroatoms. The highest BCUT2D eigenvalue weighted by Gasteiger charge is 2.22. The van der Waals surface area contributed by atoms with Gasteiger partial charge in [-0.1, -0.05) is 19.3 Å². The van der Waals surface area contributed by atoms with E-state index in [2.05, 4.69) is 15.0 Å². The summed E-state index contributed by atoms with van der Waals surface area (Å²) in [5, 5.41) is 5.08. The number of carbonyl (C=O) groups excluding carboxylic acids is 1. The third-order valence-corrected chi connectivity index (χ3v) is 6.61. The van der Waals surface area contributed by atoms with Crippen LogP contribution in [0, 0.1) is 6.92 Å². The first-order chi connectivity index (χ1) is 11.9. The summed E-state index contributed by atoms with van der Waals surface area (Å²) < 4.78 is 27.7. The predicted molar refractivity (Wildman–Crippen MR) is 98.4 cm³/mol. The van der Waals surface area contributed by atoms with Crippen LogP contribution in [0.15, 0.2) is 34.5 Å². The third-order valence-electron chi connectivity index (χ3n) is 4.19. The molecule has 0 atom stereocenters. The minimum Gasteiger partial charge on any atom is -0.298 e. The molecule has 1 aromatic heterocycles. The van der Waals surface area contributed by atoms with Crippen LogP contribution in [0.1, 0.15) is 48.2 Å². The molecule has 1 fully saturated rings. The zero-order chi connectivity index (χ0) is 17.9. The van der Waals surface area contributed by atoms with Crippen LogP contribution in [0.25, 0.3) is 0 Å². The Labute approximate surface area is 151 Å². The lowest BCUT2D eigenvalue weighted by atomic mass is 9.96. The quantitative estimate of drug-likeness (QED) is 0.834. The average Bonchev–Trinajstić information content (AvgIpc) is 3.00. The Morgan fingerprint density at radius 3 is 2.44 bits per heavy atom. The molecular formula is C17H21N3O3S2. The lowest BCUT2D eigenvalue weighted by Crippen LogP contribution is -2.36. The summed E-state index contributed by atoms with van der Waals surface area (Å²) in [5.74, 6) is -0.307. The largest absolute Gasteiger partial charge is 0.298 e. The second kappa shape index (κ2) is 7.63. The van der Waals surface area contributed by atoms with Crippen molar-refractivity contribution in [2.75, 3.05) is 5.32 Å². The summed E-state index contributed by atoms with van der Waals surface area (Å²) in [5.41, 5.74) is 1.24. The van der Waals surface area contributed by atoms with Gasteiger partial charge in [0.2, 0.25) is 10.0 Å². The Morgan fingerprint density at radius 1 is 1.16 bits per heavy atom. The second-order valence-corrected chi connectivity index (χ2v) is 8.80. The number of anilines is 1. The minimum atomic E-state index is -3.55. The van der Waals surface area contributed by atoms with Crippen molar-refractivity contribution in [3.8, 4) is 0 Å². The molecule has 0 aliphatic heterocycles. The van der Waals surface area contributed by atoms with Crippen molar-refractivity contribution in [2.24, 2.45) is 0 Å². The highest BCUT2D eigenvalue weighted by molar-refractivity contribution is 7.89. The van der Waals surface area contributed by atoms with E-state index in [9.17, 15) is 13.2 Å². The summed E-state index contributed by atoms with van der Waals surface area (Å²) in [4.78, 5) is 16.6. The van der Waals surface area contributed by atoms with E-state index in [0.717, 1.165) is 31.4 Å². The normalized spacial score (nSPS) is 15.9. The van der Waals surface area contributed by atoms with Crippen molar-refractivity contribution in [2.45, 2.75) is 50.0 Å². The SMILES string of the molecule is Cc1csc(NC(=O)c2ccc(S(=O)(=O)NC3CCCCC3)cc2)n1. The maximum atomic E-state index is 12.5. The number of thiazole rings is 1. The van der Waals surface area contributed by atoms with Gasteiger partial charge in [0.15, 0.2) is 5.13 Å². The van der Waals surface area contributed by atoms with Gasteiger partial charge in [-0.25, -0.2) is 18.1 Å². The number of nitrogens with zero attached hydrogens (tertiary/aromatic N) is 1. The number of rotatable bonds is 5. The van der Waals surface area contributed by atoms with Gasteiger partial charge in [-0.2, -0.15) is 0 Å². The van der Waals surface area contributed by atoms with Crippen LogP contribution in [0.2, 0.25) is 0 Å². The zero-order valence-electron chi connectivity index (χ0n) is 14.0. The first kappa shape index (κ1) is 18.0. The number of amides is 1. The molecule has 2 N–H and O–H groups in total. The number of hydrogen-bond donors (Lipinski definition) is 2. The van der Waals surface area contributed by atoms with E-state index in [-0.39, 0.29) is 16.8 Å². The molecular weight excluding hydrogens is 358 g/mol. The number of aryl methyl sites for hydroxylation is 1. The van der Waals surface area contributed by atoms with Crippen LogP contribution in [0.4, 0.5) is 5.13 Å². The van der Waals surface area contributed by atoms with E-state index in [1.807, 2.05) is 12.3 Å². The standard InChI is InChI=1S/C17H21N3O3S2/c1-12-11-24-17(18-12)19-16(21)13-7-9-15(10-8-13)25(22,23)20-14-5-3-2-4-6-14/h7-11,14,20H,2-6H2,1H3,(H,18,19,21). The number of aromatic nitrogens is 1. The van der Waals surface area contributed by atoms with E-state index in [1.54, 1.807) is 0 Å². The molecule has 0 spiro atoms. The number of sulfonamides is 1. The van der Waals surface area contributed by atoms with E-state index in [0.29, 0.717) is 10.7 Å². The molecule has 1 aromatic carbocycles. The molecule has 1 aliphatic rings. The first-order valence-corrected chi connectivity index (χ1v) is 10.7. The average molecular weight is 380 g/mol. The van der Waals surface area contributed by atoms with E-state index in [4.69, 9.17) is 0 Å². The fraction of sp³-hybridized carbons (Fsp3) is 0.412. The molecule has 1 amide bonds. The fourth-order valence-corrected chi connectivity index (χ4v) is 4.86. The number of nitrogens with one attached hydrogen (secondary N) is 2. The Morgan fingerprint density at radius 2 is 1.84 bits per heavy atom. The lowest BCUT2D eigenvalue weighted by Gasteiger charge is -2.22. The summed E-state index contributed by atoms with van der Waals surface area (Å²) >= 11 is 1.35. The van der Waals surface area contributed by atoms with E-state index >= 15 is 0 Å². The van der Waals surface area contributed by atoms with Gasteiger partial charge in [-0.15, -0.1) is 11.3 Å². The molecule has 134 valence electrons. The summed E-state index contributed by atoms with van der Waals surface area (Å²) in [6, 6.07) is 5.98. The lowest BCUT2D eigenvalue weighted by molar-refractivity contribution is 0.102. The Hall–Kier alpha value is -1.77. The molecule has 0 unspecified atom stereocenters. The van der Waals surface area contributed by atoms with Gasteiger partial charge < -0.3 is 0 Å². The van der Waals surface area contributed by atoms with Crippen LogP contribution in [0.3, 0.4) is 0 Å². The molecule has 0 saturated heterocycles. The Balaban J connectivity index is 1.67. The topological polar surface area (TPSA) is 88.2 Å². The monoisotopic (exact) mass is 379 g/mol. The fourth-order valence-electron chi connectivity index (χ4n) is 2.87. The predicted octanol–water partition coefficient (Wildman–Crippen LogP) is 3.31. The van der Waals surface area contributed by atoms with Crippen LogP contribution in [-0.4, -0.2) is 25.4 Å². The van der Waals surface area contributed by atoms with Gasteiger partial charge in [0.05, 0.1) is 10.6 Å². The number of benzene rings is 1. The third kappa shape index (κ3) is 4.65. The van der Waals surface area contributed by atoms with Crippen LogP contribution >= 0.6 is 11.3 Å². The number of carbonyl (C=O) groups is 1. The van der Waals surface area contributed by atoms with Gasteiger partial charge in [-0.3, -0.25) is 10.1 Å². The molecule has 6 nitrogen and oxygen atoms in total. The highest BCUT2D eigenvalue weighted by atomic mass is 32.2. The Kier molecular flexibility index (Phi) is 5.51. The maximum absolute atomic E-state index is 12.5. The number of hydrogen-bond acceptors (Lipinski definition) is 5. The molecule has 1 heterocycles. The summed E-state index contributed by atoms with van der Waals surface area (Å²) in [6.07, 6.45) is 5.05. The molecule has 2 aromatic rings. The van der Waals surface area contributed by atoms with E-state index in [1.165, 1.54) is 42.0 Å². The van der Waals surface area contributed by atoms with Gasteiger partial charge in [0.25, 0.3) is 5.91 Å². The molecule has 1 aliphatic carbocycles. The van der Waals surface area contributed by atoms with Crippen molar-refractivity contribution >= 4 is 32.4 Å². The van der Waals surface area contributed by atoms with Gasteiger partial charge >= 0.3 is 0 Å². The second-order valence-electron chi connectivity index (χ2n) is 6.23. The summed E-state index contributed by atoms with van der Waals surface area (Å²) in [6.45, 7) is 1.85. The first-order valence-electron chi connectivity index (χ1n) is 8.30. The van der Waals surface area contributed by atoms with Crippen molar-refractivity contribution in [3.63, 3.8) is 0 Å². The zero-order valence-corrected chi connectivity index (χ0v) is 15.6.